The van der Waals surface area contributed by atoms with Crippen molar-refractivity contribution in [3.05, 3.63) is 29.8 Å². The maximum Gasteiger partial charge on any atom is 0.513 e. The average Bonchev–Trinajstić information content (AvgIpc) is 2.67. The number of carbonyl (C=O) groups excluding carboxylic acids is 2. The van der Waals surface area contributed by atoms with Crippen LogP contribution in [0.25, 0.3) is 0 Å². The highest BCUT2D eigenvalue weighted by Gasteiger charge is 2.28. The highest BCUT2D eigenvalue weighted by Crippen LogP contribution is 2.16. The van der Waals surface area contributed by atoms with Crippen molar-refractivity contribution < 1.29 is 27.5 Å². The molecule has 1 aromatic rings. The second kappa shape index (κ2) is 9.70. The van der Waals surface area contributed by atoms with E-state index in [1.165, 1.54) is 16.4 Å². The number of amides is 1. The van der Waals surface area contributed by atoms with Crippen LogP contribution in [0.15, 0.2) is 24.3 Å². The van der Waals surface area contributed by atoms with Crippen LogP contribution in [0.3, 0.4) is 0 Å². The first kappa shape index (κ1) is 21.2. The Hall–Kier alpha value is -2.13. The minimum atomic E-state index is -3.25. The lowest BCUT2D eigenvalue weighted by Crippen LogP contribution is -2.51. The van der Waals surface area contributed by atoms with Gasteiger partial charge < -0.3 is 14.4 Å². The molecule has 1 saturated heterocycles. The van der Waals surface area contributed by atoms with Gasteiger partial charge in [0.15, 0.2) is 0 Å². The zero-order chi connectivity index (χ0) is 19.9. The van der Waals surface area contributed by atoms with Gasteiger partial charge in [0.05, 0.1) is 12.4 Å². The minimum absolute atomic E-state index is 0.152. The summed E-state index contributed by atoms with van der Waals surface area (Å²) >= 11 is 0. The maximum atomic E-state index is 12.6. The van der Waals surface area contributed by atoms with Gasteiger partial charge in [0, 0.05) is 31.7 Å². The van der Waals surface area contributed by atoms with Crippen molar-refractivity contribution >= 4 is 22.1 Å². The lowest BCUT2D eigenvalue weighted by atomic mass is 10.2. The Bertz CT molecular complexity index is 740. The molecule has 1 amide bonds. The zero-order valence-electron chi connectivity index (χ0n) is 15.7. The van der Waals surface area contributed by atoms with Crippen molar-refractivity contribution in [2.24, 2.45) is 0 Å². The van der Waals surface area contributed by atoms with Crippen LogP contribution in [-0.2, 0) is 14.8 Å². The third-order valence-electron chi connectivity index (χ3n) is 4.24. The lowest BCUT2D eigenvalue weighted by Gasteiger charge is -2.34. The second-order valence-corrected chi connectivity index (χ2v) is 8.26. The molecule has 0 aromatic heterocycles. The Labute approximate surface area is 160 Å². The number of unbranched alkanes of at least 4 members (excludes halogenated alkanes) is 1. The maximum absolute atomic E-state index is 12.6. The molecule has 0 saturated carbocycles. The van der Waals surface area contributed by atoms with E-state index < -0.39 is 16.2 Å². The summed E-state index contributed by atoms with van der Waals surface area (Å²) in [6.45, 7) is 5.17. The number of benzene rings is 1. The molecule has 0 atom stereocenters. The molecule has 1 fully saturated rings. The molecule has 1 aliphatic rings. The Morgan fingerprint density at radius 1 is 1.04 bits per heavy atom. The Morgan fingerprint density at radius 2 is 1.67 bits per heavy atom. The standard InChI is InChI=1S/C18H26N2O6S/c1-3-5-14-27(23,24)20-12-10-19(11-13-20)17(21)15-6-8-16(9-7-15)26-18(22)25-4-2/h6-9H,3-5,10-14H2,1-2H3. The summed E-state index contributed by atoms with van der Waals surface area (Å²) in [7, 11) is -3.25. The molecule has 150 valence electrons. The summed E-state index contributed by atoms with van der Waals surface area (Å²) in [6, 6.07) is 6.19. The fourth-order valence-corrected chi connectivity index (χ4v) is 4.35. The van der Waals surface area contributed by atoms with E-state index in [1.54, 1.807) is 24.0 Å². The quantitative estimate of drug-likeness (QED) is 0.516. The van der Waals surface area contributed by atoms with Gasteiger partial charge in [-0.25, -0.2) is 13.2 Å². The van der Waals surface area contributed by atoms with Crippen molar-refractivity contribution in [2.45, 2.75) is 26.7 Å². The van der Waals surface area contributed by atoms with E-state index in [4.69, 9.17) is 9.47 Å². The van der Waals surface area contributed by atoms with Crippen LogP contribution in [0.5, 0.6) is 5.75 Å². The van der Waals surface area contributed by atoms with E-state index in [2.05, 4.69) is 0 Å². The molecule has 0 unspecified atom stereocenters. The van der Waals surface area contributed by atoms with Crippen molar-refractivity contribution in [1.29, 1.82) is 0 Å². The summed E-state index contributed by atoms with van der Waals surface area (Å²) in [4.78, 5) is 25.5. The first-order valence-corrected chi connectivity index (χ1v) is 10.7. The van der Waals surface area contributed by atoms with Gasteiger partial charge in [0.1, 0.15) is 5.75 Å². The van der Waals surface area contributed by atoms with Gasteiger partial charge in [-0.1, -0.05) is 13.3 Å². The number of piperazine rings is 1. The molecule has 0 bridgehead atoms. The summed E-state index contributed by atoms with van der Waals surface area (Å²) in [5, 5.41) is 0. The van der Waals surface area contributed by atoms with Crippen LogP contribution in [0.4, 0.5) is 4.79 Å². The van der Waals surface area contributed by atoms with Crippen LogP contribution in [-0.4, -0.2) is 68.2 Å². The largest absolute Gasteiger partial charge is 0.513 e. The number of nitrogens with zero attached hydrogens (tertiary/aromatic N) is 2. The summed E-state index contributed by atoms with van der Waals surface area (Å²) in [6.07, 6.45) is 0.673. The lowest BCUT2D eigenvalue weighted by molar-refractivity contribution is 0.0698. The molecule has 0 radical (unpaired) electrons. The third kappa shape index (κ3) is 5.93. The molecule has 0 spiro atoms. The number of sulfonamides is 1. The Kier molecular flexibility index (Phi) is 7.61. The van der Waals surface area contributed by atoms with Crippen LogP contribution < -0.4 is 4.74 Å². The van der Waals surface area contributed by atoms with Gasteiger partial charge in [0.25, 0.3) is 5.91 Å². The molecule has 27 heavy (non-hydrogen) atoms. The van der Waals surface area contributed by atoms with Crippen molar-refractivity contribution in [3.8, 4) is 5.75 Å². The van der Waals surface area contributed by atoms with Gasteiger partial charge in [-0.3, -0.25) is 4.79 Å². The minimum Gasteiger partial charge on any atom is -0.434 e. The first-order valence-electron chi connectivity index (χ1n) is 9.09. The fourth-order valence-electron chi connectivity index (χ4n) is 2.72. The first-order chi connectivity index (χ1) is 12.9. The Balaban J connectivity index is 1.91. The van der Waals surface area contributed by atoms with Gasteiger partial charge in [0.2, 0.25) is 10.0 Å². The molecular weight excluding hydrogens is 372 g/mol. The van der Waals surface area contributed by atoms with E-state index >= 15 is 0 Å². The monoisotopic (exact) mass is 398 g/mol. The molecule has 1 heterocycles. The Morgan fingerprint density at radius 3 is 2.22 bits per heavy atom. The van der Waals surface area contributed by atoms with E-state index in [0.717, 1.165) is 6.42 Å². The molecule has 8 nitrogen and oxygen atoms in total. The van der Waals surface area contributed by atoms with Gasteiger partial charge >= 0.3 is 6.16 Å². The number of hydrogen-bond acceptors (Lipinski definition) is 6. The summed E-state index contributed by atoms with van der Waals surface area (Å²) in [5.41, 5.74) is 0.452. The topological polar surface area (TPSA) is 93.2 Å². The van der Waals surface area contributed by atoms with Gasteiger partial charge in [-0.15, -0.1) is 0 Å². The number of ether oxygens (including phenoxy) is 2. The normalized spacial score (nSPS) is 15.4. The summed E-state index contributed by atoms with van der Waals surface area (Å²) < 4.78 is 35.6. The molecule has 1 aromatic carbocycles. The zero-order valence-corrected chi connectivity index (χ0v) is 16.5. The third-order valence-corrected chi connectivity index (χ3v) is 6.20. The molecule has 0 N–H and O–H groups in total. The van der Waals surface area contributed by atoms with Gasteiger partial charge in [-0.05, 0) is 37.6 Å². The predicted octanol–water partition coefficient (Wildman–Crippen LogP) is 2.11. The highest BCUT2D eigenvalue weighted by atomic mass is 32.2. The number of carbonyl (C=O) groups is 2. The molecule has 2 rings (SSSR count). The van der Waals surface area contributed by atoms with Crippen LogP contribution in [0.1, 0.15) is 37.0 Å². The fraction of sp³-hybridized carbons (Fsp3) is 0.556. The molecular formula is C18H26N2O6S. The van der Waals surface area contributed by atoms with E-state index in [0.29, 0.717) is 38.2 Å². The summed E-state index contributed by atoms with van der Waals surface area (Å²) in [5.74, 6) is 0.263. The van der Waals surface area contributed by atoms with Crippen LogP contribution >= 0.6 is 0 Å². The van der Waals surface area contributed by atoms with E-state index in [1.807, 2.05) is 6.92 Å². The number of hydrogen-bond donors (Lipinski definition) is 0. The van der Waals surface area contributed by atoms with Crippen LogP contribution in [0, 0.1) is 0 Å². The number of rotatable bonds is 7. The van der Waals surface area contributed by atoms with Crippen molar-refractivity contribution in [1.82, 2.24) is 9.21 Å². The van der Waals surface area contributed by atoms with Gasteiger partial charge in [-0.2, -0.15) is 4.31 Å². The molecule has 9 heteroatoms. The SMILES string of the molecule is CCCCS(=O)(=O)N1CCN(C(=O)c2ccc(OC(=O)OCC)cc2)CC1. The smallest absolute Gasteiger partial charge is 0.434 e. The predicted molar refractivity (Wildman–Crippen MR) is 100 cm³/mol. The molecule has 0 aliphatic carbocycles. The van der Waals surface area contributed by atoms with E-state index in [9.17, 15) is 18.0 Å². The van der Waals surface area contributed by atoms with E-state index in [-0.39, 0.29) is 24.0 Å². The highest BCUT2D eigenvalue weighted by molar-refractivity contribution is 7.89. The second-order valence-electron chi connectivity index (χ2n) is 6.17. The van der Waals surface area contributed by atoms with Crippen LogP contribution in [0.2, 0.25) is 0 Å². The molecule has 1 aliphatic heterocycles. The van der Waals surface area contributed by atoms with Crippen molar-refractivity contribution in [3.63, 3.8) is 0 Å². The van der Waals surface area contributed by atoms with Crippen molar-refractivity contribution in [2.75, 3.05) is 38.5 Å². The average molecular weight is 398 g/mol.